The van der Waals surface area contributed by atoms with Gasteiger partial charge < -0.3 is 15.2 Å². The Bertz CT molecular complexity index is 371. The molecule has 2 atom stereocenters. The van der Waals surface area contributed by atoms with E-state index in [0.717, 1.165) is 4.47 Å². The molecule has 0 aliphatic heterocycles. The van der Waals surface area contributed by atoms with Crippen LogP contribution in [0.15, 0.2) is 28.7 Å². The van der Waals surface area contributed by atoms with Crippen molar-refractivity contribution in [2.75, 3.05) is 19.8 Å². The van der Waals surface area contributed by atoms with E-state index in [1.54, 1.807) is 0 Å². The van der Waals surface area contributed by atoms with Gasteiger partial charge in [0, 0.05) is 23.7 Å². The van der Waals surface area contributed by atoms with Crippen molar-refractivity contribution in [3.63, 3.8) is 0 Å². The summed E-state index contributed by atoms with van der Waals surface area (Å²) in [6.07, 6.45) is -0.469. The first-order chi connectivity index (χ1) is 9.00. The van der Waals surface area contributed by atoms with Crippen molar-refractivity contribution in [1.29, 1.82) is 0 Å². The van der Waals surface area contributed by atoms with Gasteiger partial charge in [-0.3, -0.25) is 0 Å². The smallest absolute Gasteiger partial charge is 0.0897 e. The van der Waals surface area contributed by atoms with Crippen molar-refractivity contribution in [2.24, 2.45) is 5.92 Å². The number of benzene rings is 1. The molecule has 0 saturated carbocycles. The van der Waals surface area contributed by atoms with E-state index in [1.165, 1.54) is 5.56 Å². The maximum atomic E-state index is 9.83. The van der Waals surface area contributed by atoms with Crippen LogP contribution in [0.1, 0.15) is 32.4 Å². The van der Waals surface area contributed by atoms with E-state index < -0.39 is 6.10 Å². The van der Waals surface area contributed by atoms with Gasteiger partial charge in [-0.15, -0.1) is 0 Å². The third-order valence-electron chi connectivity index (χ3n) is 2.79. The van der Waals surface area contributed by atoms with Crippen LogP contribution in [0.5, 0.6) is 0 Å². The lowest BCUT2D eigenvalue weighted by Gasteiger charge is -2.19. The summed E-state index contributed by atoms with van der Waals surface area (Å²) in [7, 11) is 0. The Balaban J connectivity index is 2.30. The van der Waals surface area contributed by atoms with Crippen molar-refractivity contribution in [3.05, 3.63) is 34.3 Å². The number of halogens is 1. The summed E-state index contributed by atoms with van der Waals surface area (Å²) in [5.41, 5.74) is 1.19. The zero-order valence-corrected chi connectivity index (χ0v) is 13.5. The first-order valence-electron chi connectivity index (χ1n) is 6.74. The molecule has 0 bridgehead atoms. The molecule has 0 amide bonds. The molecule has 19 heavy (non-hydrogen) atoms. The molecule has 1 unspecified atom stereocenters. The molecule has 0 heterocycles. The molecule has 0 spiro atoms. The lowest BCUT2D eigenvalue weighted by molar-refractivity contribution is 0.0252. The molecular formula is C15H24BrNO2. The van der Waals surface area contributed by atoms with Gasteiger partial charge in [-0.05, 0) is 24.5 Å². The highest BCUT2D eigenvalue weighted by Crippen LogP contribution is 2.22. The highest BCUT2D eigenvalue weighted by molar-refractivity contribution is 9.10. The zero-order chi connectivity index (χ0) is 14.3. The summed E-state index contributed by atoms with van der Waals surface area (Å²) in [6, 6.07) is 8.30. The third-order valence-corrected chi connectivity index (χ3v) is 3.51. The third kappa shape index (κ3) is 6.52. The van der Waals surface area contributed by atoms with E-state index in [1.807, 2.05) is 18.2 Å². The minimum absolute atomic E-state index is 0.190. The molecule has 0 aliphatic carbocycles. The van der Waals surface area contributed by atoms with Crippen molar-refractivity contribution >= 4 is 15.9 Å². The van der Waals surface area contributed by atoms with Gasteiger partial charge in [0.15, 0.2) is 0 Å². The van der Waals surface area contributed by atoms with Gasteiger partial charge in [0.2, 0.25) is 0 Å². The van der Waals surface area contributed by atoms with Crippen molar-refractivity contribution in [2.45, 2.75) is 32.9 Å². The molecule has 0 aliphatic rings. The first-order valence-corrected chi connectivity index (χ1v) is 7.53. The molecule has 108 valence electrons. The molecule has 4 heteroatoms. The van der Waals surface area contributed by atoms with Crippen LogP contribution < -0.4 is 5.32 Å². The lowest BCUT2D eigenvalue weighted by atomic mass is 10.1. The average Bonchev–Trinajstić information content (AvgIpc) is 2.36. The summed E-state index contributed by atoms with van der Waals surface area (Å²) >= 11 is 3.53. The first kappa shape index (κ1) is 16.6. The Kier molecular flexibility index (Phi) is 7.61. The Labute approximate surface area is 124 Å². The topological polar surface area (TPSA) is 41.5 Å². The standard InChI is InChI=1S/C15H24BrNO2/c1-11(2)9-19-10-13(18)8-17-12(3)14-6-4-5-7-15(14)16/h4-7,11-13,17-18H,8-10H2,1-3H3/t12-,13?/m0/s1. The van der Waals surface area contributed by atoms with Gasteiger partial charge in [-0.1, -0.05) is 48.0 Å². The van der Waals surface area contributed by atoms with Gasteiger partial charge in [-0.25, -0.2) is 0 Å². The second-order valence-electron chi connectivity index (χ2n) is 5.24. The fraction of sp³-hybridized carbons (Fsp3) is 0.600. The van der Waals surface area contributed by atoms with Crippen LogP contribution in [-0.2, 0) is 4.74 Å². The maximum Gasteiger partial charge on any atom is 0.0897 e. The Morgan fingerprint density at radius 1 is 1.21 bits per heavy atom. The molecule has 2 N–H and O–H groups in total. The van der Waals surface area contributed by atoms with Gasteiger partial charge in [0.1, 0.15) is 0 Å². The molecule has 1 rings (SSSR count). The molecule has 1 aromatic rings. The highest BCUT2D eigenvalue weighted by atomic mass is 79.9. The van der Waals surface area contributed by atoms with Gasteiger partial charge >= 0.3 is 0 Å². The maximum absolute atomic E-state index is 9.83. The second kappa shape index (κ2) is 8.69. The van der Waals surface area contributed by atoms with E-state index in [9.17, 15) is 5.11 Å². The summed E-state index contributed by atoms with van der Waals surface area (Å²) < 4.78 is 6.50. The van der Waals surface area contributed by atoms with E-state index >= 15 is 0 Å². The van der Waals surface area contributed by atoms with Crippen LogP contribution in [0.4, 0.5) is 0 Å². The van der Waals surface area contributed by atoms with E-state index in [-0.39, 0.29) is 6.04 Å². The van der Waals surface area contributed by atoms with E-state index in [0.29, 0.717) is 25.7 Å². The molecule has 0 radical (unpaired) electrons. The quantitative estimate of drug-likeness (QED) is 0.769. The molecular weight excluding hydrogens is 306 g/mol. The molecule has 0 fully saturated rings. The second-order valence-corrected chi connectivity index (χ2v) is 6.09. The fourth-order valence-electron chi connectivity index (χ4n) is 1.75. The number of rotatable bonds is 8. The van der Waals surface area contributed by atoms with Crippen molar-refractivity contribution in [3.8, 4) is 0 Å². The molecule has 3 nitrogen and oxygen atoms in total. The number of nitrogens with one attached hydrogen (secondary N) is 1. The van der Waals surface area contributed by atoms with E-state index in [2.05, 4.69) is 48.1 Å². The number of hydrogen-bond donors (Lipinski definition) is 2. The largest absolute Gasteiger partial charge is 0.389 e. The predicted molar refractivity (Wildman–Crippen MR) is 82.2 cm³/mol. The average molecular weight is 330 g/mol. The normalized spacial score (nSPS) is 14.6. The van der Waals surface area contributed by atoms with Gasteiger partial charge in [0.05, 0.1) is 12.7 Å². The van der Waals surface area contributed by atoms with Gasteiger partial charge in [0.25, 0.3) is 0 Å². The molecule has 1 aromatic carbocycles. The zero-order valence-electron chi connectivity index (χ0n) is 11.9. The molecule has 0 aromatic heterocycles. The minimum Gasteiger partial charge on any atom is -0.389 e. The van der Waals surface area contributed by atoms with Crippen LogP contribution in [0.3, 0.4) is 0 Å². The van der Waals surface area contributed by atoms with Crippen LogP contribution in [0.2, 0.25) is 0 Å². The monoisotopic (exact) mass is 329 g/mol. The number of aliphatic hydroxyl groups is 1. The predicted octanol–water partition coefficient (Wildman–Crippen LogP) is 3.13. The Hall–Kier alpha value is -0.420. The van der Waals surface area contributed by atoms with E-state index in [4.69, 9.17) is 4.74 Å². The SMILES string of the molecule is CC(C)COCC(O)CN[C@@H](C)c1ccccc1Br. The number of ether oxygens (including phenoxy) is 1. The number of aliphatic hydroxyl groups excluding tert-OH is 1. The van der Waals surface area contributed by atoms with Crippen LogP contribution in [-0.4, -0.2) is 31.0 Å². The Morgan fingerprint density at radius 2 is 1.89 bits per heavy atom. The van der Waals surface area contributed by atoms with Crippen LogP contribution >= 0.6 is 15.9 Å². The minimum atomic E-state index is -0.469. The van der Waals surface area contributed by atoms with Crippen LogP contribution in [0.25, 0.3) is 0 Å². The number of hydrogen-bond acceptors (Lipinski definition) is 3. The molecule has 0 saturated heterocycles. The fourth-order valence-corrected chi connectivity index (χ4v) is 2.38. The summed E-state index contributed by atoms with van der Waals surface area (Å²) in [5, 5.41) is 13.1. The summed E-state index contributed by atoms with van der Waals surface area (Å²) in [4.78, 5) is 0. The van der Waals surface area contributed by atoms with Crippen molar-refractivity contribution < 1.29 is 9.84 Å². The Morgan fingerprint density at radius 3 is 2.53 bits per heavy atom. The highest BCUT2D eigenvalue weighted by Gasteiger charge is 2.11. The van der Waals surface area contributed by atoms with Gasteiger partial charge in [-0.2, -0.15) is 0 Å². The lowest BCUT2D eigenvalue weighted by Crippen LogP contribution is -2.32. The van der Waals surface area contributed by atoms with Crippen LogP contribution in [0, 0.1) is 5.92 Å². The van der Waals surface area contributed by atoms with Crippen molar-refractivity contribution in [1.82, 2.24) is 5.32 Å². The summed E-state index contributed by atoms with van der Waals surface area (Å²) in [6.45, 7) is 7.88. The summed E-state index contributed by atoms with van der Waals surface area (Å²) in [5.74, 6) is 0.499.